The SMILES string of the molecule is CCCc1cc(C(=O)O)cc(NCC(C)(C)C(N)=O)n1. The molecule has 0 bridgehead atoms. The zero-order valence-corrected chi connectivity index (χ0v) is 12.1. The van der Waals surface area contributed by atoms with Crippen LogP contribution in [0.3, 0.4) is 0 Å². The molecule has 0 saturated carbocycles. The summed E-state index contributed by atoms with van der Waals surface area (Å²) in [4.78, 5) is 26.7. The maximum atomic E-state index is 11.3. The lowest BCUT2D eigenvalue weighted by molar-refractivity contribution is -0.125. The third kappa shape index (κ3) is 4.22. The van der Waals surface area contributed by atoms with Crippen molar-refractivity contribution in [1.82, 2.24) is 4.98 Å². The fourth-order valence-corrected chi connectivity index (χ4v) is 1.58. The largest absolute Gasteiger partial charge is 0.478 e. The van der Waals surface area contributed by atoms with Crippen molar-refractivity contribution in [3.8, 4) is 0 Å². The molecule has 1 aromatic heterocycles. The van der Waals surface area contributed by atoms with Crippen molar-refractivity contribution in [2.75, 3.05) is 11.9 Å². The Kier molecular flexibility index (Phi) is 5.07. The van der Waals surface area contributed by atoms with Crippen LogP contribution in [0.4, 0.5) is 5.82 Å². The van der Waals surface area contributed by atoms with Crippen LogP contribution in [0, 0.1) is 5.41 Å². The number of hydrogen-bond acceptors (Lipinski definition) is 4. The third-order valence-electron chi connectivity index (χ3n) is 3.01. The Hall–Kier alpha value is -2.11. The van der Waals surface area contributed by atoms with E-state index in [1.807, 2.05) is 6.92 Å². The molecule has 1 heterocycles. The second kappa shape index (κ2) is 6.36. The number of amides is 1. The Labute approximate surface area is 118 Å². The molecule has 0 spiro atoms. The van der Waals surface area contributed by atoms with Gasteiger partial charge in [-0.1, -0.05) is 13.3 Å². The van der Waals surface area contributed by atoms with E-state index >= 15 is 0 Å². The summed E-state index contributed by atoms with van der Waals surface area (Å²) >= 11 is 0. The highest BCUT2D eigenvalue weighted by molar-refractivity contribution is 5.88. The van der Waals surface area contributed by atoms with Crippen molar-refractivity contribution in [1.29, 1.82) is 0 Å². The maximum Gasteiger partial charge on any atom is 0.335 e. The highest BCUT2D eigenvalue weighted by Crippen LogP contribution is 2.17. The number of aromatic carboxylic acids is 1. The summed E-state index contributed by atoms with van der Waals surface area (Å²) in [6.07, 6.45) is 1.58. The number of aryl methyl sites for hydroxylation is 1. The second-order valence-corrected chi connectivity index (χ2v) is 5.39. The number of primary amides is 1. The van der Waals surface area contributed by atoms with Gasteiger partial charge in [0, 0.05) is 12.2 Å². The van der Waals surface area contributed by atoms with Crippen LogP contribution < -0.4 is 11.1 Å². The van der Waals surface area contributed by atoms with Crippen molar-refractivity contribution in [3.05, 3.63) is 23.4 Å². The predicted octanol–water partition coefficient (Wildman–Crippen LogP) is 1.66. The minimum absolute atomic E-state index is 0.183. The van der Waals surface area contributed by atoms with E-state index in [-0.39, 0.29) is 5.56 Å². The van der Waals surface area contributed by atoms with E-state index in [0.29, 0.717) is 24.5 Å². The van der Waals surface area contributed by atoms with Gasteiger partial charge in [-0.3, -0.25) is 4.79 Å². The number of aromatic nitrogens is 1. The molecule has 0 aliphatic carbocycles. The first kappa shape index (κ1) is 15.9. The van der Waals surface area contributed by atoms with E-state index in [0.717, 1.165) is 6.42 Å². The highest BCUT2D eigenvalue weighted by Gasteiger charge is 2.24. The van der Waals surface area contributed by atoms with Crippen molar-refractivity contribution < 1.29 is 14.7 Å². The summed E-state index contributed by atoms with van der Waals surface area (Å²) in [7, 11) is 0. The minimum atomic E-state index is -0.998. The molecule has 6 heteroatoms. The number of pyridine rings is 1. The Balaban J connectivity index is 2.94. The monoisotopic (exact) mass is 279 g/mol. The van der Waals surface area contributed by atoms with Crippen LogP contribution in [0.15, 0.2) is 12.1 Å². The number of nitrogens with two attached hydrogens (primary N) is 1. The molecular weight excluding hydrogens is 258 g/mol. The number of anilines is 1. The maximum absolute atomic E-state index is 11.3. The highest BCUT2D eigenvalue weighted by atomic mass is 16.4. The van der Waals surface area contributed by atoms with E-state index in [1.165, 1.54) is 6.07 Å². The molecule has 0 fully saturated rings. The van der Waals surface area contributed by atoms with Gasteiger partial charge in [0.2, 0.25) is 5.91 Å². The molecule has 1 rings (SSSR count). The van der Waals surface area contributed by atoms with Gasteiger partial charge in [0.15, 0.2) is 0 Å². The Morgan fingerprint density at radius 2 is 2.05 bits per heavy atom. The first-order valence-electron chi connectivity index (χ1n) is 6.54. The summed E-state index contributed by atoms with van der Waals surface area (Å²) in [6.45, 7) is 5.73. The molecule has 4 N–H and O–H groups in total. The number of rotatable bonds is 7. The third-order valence-corrected chi connectivity index (χ3v) is 3.01. The first-order chi connectivity index (χ1) is 9.26. The van der Waals surface area contributed by atoms with Crippen LogP contribution in [0.1, 0.15) is 43.2 Å². The van der Waals surface area contributed by atoms with Gasteiger partial charge in [-0.25, -0.2) is 9.78 Å². The van der Waals surface area contributed by atoms with Crippen molar-refractivity contribution >= 4 is 17.7 Å². The molecule has 1 aromatic rings. The average molecular weight is 279 g/mol. The standard InChI is InChI=1S/C14H21N3O3/c1-4-5-10-6-9(12(18)19)7-11(17-10)16-8-14(2,3)13(15)20/h6-7H,4-5,8H2,1-3H3,(H2,15,20)(H,16,17)(H,18,19). The lowest BCUT2D eigenvalue weighted by Gasteiger charge is -2.21. The lowest BCUT2D eigenvalue weighted by atomic mass is 9.93. The topological polar surface area (TPSA) is 105 Å². The van der Waals surface area contributed by atoms with Gasteiger partial charge in [-0.2, -0.15) is 0 Å². The van der Waals surface area contributed by atoms with E-state index in [9.17, 15) is 9.59 Å². The fourth-order valence-electron chi connectivity index (χ4n) is 1.58. The number of carboxylic acid groups (broad SMARTS) is 1. The summed E-state index contributed by atoms with van der Waals surface area (Å²) < 4.78 is 0. The summed E-state index contributed by atoms with van der Waals surface area (Å²) in [5.74, 6) is -0.974. The number of carbonyl (C=O) groups excluding carboxylic acids is 1. The summed E-state index contributed by atoms with van der Waals surface area (Å²) in [5.41, 5.74) is 5.46. The van der Waals surface area contributed by atoms with E-state index in [4.69, 9.17) is 10.8 Å². The quantitative estimate of drug-likeness (QED) is 0.704. The zero-order chi connectivity index (χ0) is 15.3. The van der Waals surface area contributed by atoms with Crippen molar-refractivity contribution in [2.45, 2.75) is 33.6 Å². The summed E-state index contributed by atoms with van der Waals surface area (Å²) in [6, 6.07) is 3.02. The number of hydrogen-bond donors (Lipinski definition) is 3. The molecule has 1 amide bonds. The van der Waals surface area contributed by atoms with Crippen LogP contribution in [0.25, 0.3) is 0 Å². The van der Waals surface area contributed by atoms with Crippen molar-refractivity contribution in [3.63, 3.8) is 0 Å². The molecule has 0 atom stereocenters. The van der Waals surface area contributed by atoms with Gasteiger partial charge >= 0.3 is 5.97 Å². The molecule has 0 aliphatic heterocycles. The Bertz CT molecular complexity index is 512. The van der Waals surface area contributed by atoms with Crippen molar-refractivity contribution in [2.24, 2.45) is 11.1 Å². The average Bonchev–Trinajstić information content (AvgIpc) is 2.36. The smallest absolute Gasteiger partial charge is 0.335 e. The summed E-state index contributed by atoms with van der Waals surface area (Å²) in [5, 5.41) is 12.1. The van der Waals surface area contributed by atoms with Gasteiger partial charge in [0.05, 0.1) is 11.0 Å². The molecular formula is C14H21N3O3. The van der Waals surface area contributed by atoms with E-state index < -0.39 is 17.3 Å². The molecule has 0 aliphatic rings. The van der Waals surface area contributed by atoms with Gasteiger partial charge < -0.3 is 16.2 Å². The minimum Gasteiger partial charge on any atom is -0.478 e. The fraction of sp³-hybridized carbons (Fsp3) is 0.500. The number of carboxylic acids is 1. The molecule has 0 aromatic carbocycles. The van der Waals surface area contributed by atoms with Crippen LogP contribution in [0.2, 0.25) is 0 Å². The second-order valence-electron chi connectivity index (χ2n) is 5.39. The van der Waals surface area contributed by atoms with E-state index in [1.54, 1.807) is 19.9 Å². The number of nitrogens with zero attached hydrogens (tertiary/aromatic N) is 1. The van der Waals surface area contributed by atoms with Gasteiger partial charge in [-0.05, 0) is 32.4 Å². The van der Waals surface area contributed by atoms with Gasteiger partial charge in [0.25, 0.3) is 0 Å². The lowest BCUT2D eigenvalue weighted by Crippen LogP contribution is -2.37. The number of carbonyl (C=O) groups is 2. The molecule has 6 nitrogen and oxygen atoms in total. The van der Waals surface area contributed by atoms with Crippen LogP contribution >= 0.6 is 0 Å². The Morgan fingerprint density at radius 1 is 1.40 bits per heavy atom. The van der Waals surface area contributed by atoms with E-state index in [2.05, 4.69) is 10.3 Å². The molecule has 0 saturated heterocycles. The van der Waals surface area contributed by atoms with Crippen LogP contribution in [-0.4, -0.2) is 28.5 Å². The molecule has 0 unspecified atom stereocenters. The molecule has 0 radical (unpaired) electrons. The normalized spacial score (nSPS) is 11.2. The molecule has 20 heavy (non-hydrogen) atoms. The zero-order valence-electron chi connectivity index (χ0n) is 12.1. The molecule has 110 valence electrons. The number of nitrogens with one attached hydrogen (secondary N) is 1. The predicted molar refractivity (Wildman–Crippen MR) is 76.7 cm³/mol. The van der Waals surface area contributed by atoms with Gasteiger partial charge in [-0.15, -0.1) is 0 Å². The van der Waals surface area contributed by atoms with Crippen LogP contribution in [0.5, 0.6) is 0 Å². The van der Waals surface area contributed by atoms with Gasteiger partial charge in [0.1, 0.15) is 5.82 Å². The van der Waals surface area contributed by atoms with Crippen LogP contribution in [-0.2, 0) is 11.2 Å². The first-order valence-corrected chi connectivity index (χ1v) is 6.54. The Morgan fingerprint density at radius 3 is 2.55 bits per heavy atom.